The predicted octanol–water partition coefficient (Wildman–Crippen LogP) is 4.83. The highest BCUT2D eigenvalue weighted by Gasteiger charge is 2.34. The molecule has 1 heterocycles. The number of ketones is 1. The summed E-state index contributed by atoms with van der Waals surface area (Å²) in [6.45, 7) is 1.51. The van der Waals surface area contributed by atoms with E-state index in [1.807, 2.05) is 0 Å². The first-order valence-electron chi connectivity index (χ1n) is 7.87. The lowest BCUT2D eigenvalue weighted by Crippen LogP contribution is -2.48. The number of fused-ring (bicyclic) bond motifs is 1. The molecule has 1 saturated carbocycles. The van der Waals surface area contributed by atoms with E-state index < -0.39 is 0 Å². The fourth-order valence-electron chi connectivity index (χ4n) is 3.91. The van der Waals surface area contributed by atoms with Gasteiger partial charge in [-0.1, -0.05) is 36.0 Å². The normalized spacial score (nSPS) is 26.4. The molecule has 0 aromatic heterocycles. The number of Topliss-reactive ketones (excluding diaryl/α,β-unsaturated/α-hetero) is 1. The van der Waals surface area contributed by atoms with Crippen molar-refractivity contribution >= 4 is 29.0 Å². The van der Waals surface area contributed by atoms with Gasteiger partial charge in [-0.3, -0.25) is 9.69 Å². The number of likely N-dealkylation sites (tertiary alicyclic amines) is 1. The van der Waals surface area contributed by atoms with Crippen LogP contribution in [-0.4, -0.2) is 29.8 Å². The zero-order chi connectivity index (χ0) is 14.8. The number of benzene rings is 1. The van der Waals surface area contributed by atoms with Crippen molar-refractivity contribution in [1.29, 1.82) is 0 Å². The molecule has 1 saturated heterocycles. The van der Waals surface area contributed by atoms with Gasteiger partial charge in [0.2, 0.25) is 0 Å². The van der Waals surface area contributed by atoms with Crippen LogP contribution in [0.2, 0.25) is 10.0 Å². The Hall–Kier alpha value is -0.570. The summed E-state index contributed by atoms with van der Waals surface area (Å²) in [5.41, 5.74) is 0.557. The molecule has 2 unspecified atom stereocenters. The van der Waals surface area contributed by atoms with Crippen LogP contribution in [0.5, 0.6) is 0 Å². The summed E-state index contributed by atoms with van der Waals surface area (Å²) in [4.78, 5) is 15.0. The molecule has 2 aliphatic rings. The second kappa shape index (κ2) is 6.68. The fraction of sp³-hybridized carbons (Fsp3) is 0.588. The highest BCUT2D eigenvalue weighted by molar-refractivity contribution is 6.36. The Labute approximate surface area is 136 Å². The lowest BCUT2D eigenvalue weighted by molar-refractivity contribution is 0.0539. The van der Waals surface area contributed by atoms with Crippen molar-refractivity contribution in [3.8, 4) is 0 Å². The minimum Gasteiger partial charge on any atom is -0.293 e. The van der Waals surface area contributed by atoms with E-state index in [1.165, 1.54) is 38.5 Å². The first-order chi connectivity index (χ1) is 10.1. The summed E-state index contributed by atoms with van der Waals surface area (Å²) in [5, 5.41) is 1.07. The number of halogens is 2. The van der Waals surface area contributed by atoms with Crippen LogP contribution in [0.1, 0.15) is 48.9 Å². The molecule has 0 bridgehead atoms. The molecule has 0 radical (unpaired) electrons. The van der Waals surface area contributed by atoms with E-state index in [2.05, 4.69) is 4.90 Å². The SMILES string of the molecule is O=C(CN1CCCC2CCCCC21)c1cc(Cl)ccc1Cl. The van der Waals surface area contributed by atoms with Gasteiger partial charge in [0.25, 0.3) is 0 Å². The molecule has 2 fully saturated rings. The molecule has 1 aromatic rings. The Morgan fingerprint density at radius 2 is 1.90 bits per heavy atom. The Kier molecular flexibility index (Phi) is 4.88. The number of rotatable bonds is 3. The van der Waals surface area contributed by atoms with Crippen molar-refractivity contribution in [3.63, 3.8) is 0 Å². The van der Waals surface area contributed by atoms with Gasteiger partial charge in [-0.2, -0.15) is 0 Å². The van der Waals surface area contributed by atoms with Gasteiger partial charge in [-0.25, -0.2) is 0 Å². The molecule has 2 nitrogen and oxygen atoms in total. The standard InChI is InChI=1S/C17H21Cl2NO/c18-13-7-8-15(19)14(10-13)17(21)11-20-9-3-5-12-4-1-2-6-16(12)20/h7-8,10,12,16H,1-6,9,11H2. The monoisotopic (exact) mass is 325 g/mol. The average molecular weight is 326 g/mol. The molecule has 21 heavy (non-hydrogen) atoms. The van der Waals surface area contributed by atoms with Crippen molar-refractivity contribution in [3.05, 3.63) is 33.8 Å². The zero-order valence-electron chi connectivity index (χ0n) is 12.2. The lowest BCUT2D eigenvalue weighted by Gasteiger charge is -2.43. The Morgan fingerprint density at radius 1 is 1.14 bits per heavy atom. The Balaban J connectivity index is 1.72. The number of hydrogen-bond donors (Lipinski definition) is 0. The molecule has 114 valence electrons. The van der Waals surface area contributed by atoms with Crippen molar-refractivity contribution in [1.82, 2.24) is 4.90 Å². The van der Waals surface area contributed by atoms with Gasteiger partial charge in [0, 0.05) is 16.6 Å². The molecule has 0 N–H and O–H groups in total. The van der Waals surface area contributed by atoms with Crippen LogP contribution >= 0.6 is 23.2 Å². The van der Waals surface area contributed by atoms with Crippen LogP contribution in [-0.2, 0) is 0 Å². The summed E-state index contributed by atoms with van der Waals surface area (Å²) in [5.74, 6) is 0.879. The van der Waals surface area contributed by atoms with E-state index in [1.54, 1.807) is 18.2 Å². The predicted molar refractivity (Wildman–Crippen MR) is 87.3 cm³/mol. The van der Waals surface area contributed by atoms with Crippen LogP contribution in [0, 0.1) is 5.92 Å². The maximum absolute atomic E-state index is 12.6. The number of nitrogens with zero attached hydrogens (tertiary/aromatic N) is 1. The Bertz CT molecular complexity index is 530. The van der Waals surface area contributed by atoms with Gasteiger partial charge < -0.3 is 0 Å². The molecular weight excluding hydrogens is 305 g/mol. The van der Waals surface area contributed by atoms with Gasteiger partial charge >= 0.3 is 0 Å². The molecule has 0 amide bonds. The fourth-order valence-corrected chi connectivity index (χ4v) is 4.30. The first kappa shape index (κ1) is 15.3. The largest absolute Gasteiger partial charge is 0.293 e. The first-order valence-corrected chi connectivity index (χ1v) is 8.63. The van der Waals surface area contributed by atoms with Gasteiger partial charge in [0.15, 0.2) is 5.78 Å². The molecule has 1 aliphatic heterocycles. The maximum atomic E-state index is 12.6. The average Bonchev–Trinajstić information content (AvgIpc) is 2.50. The van der Waals surface area contributed by atoms with Crippen molar-refractivity contribution in [2.24, 2.45) is 5.92 Å². The Morgan fingerprint density at radius 3 is 2.76 bits per heavy atom. The minimum absolute atomic E-state index is 0.0914. The van der Waals surface area contributed by atoms with E-state index in [-0.39, 0.29) is 5.78 Å². The molecule has 3 rings (SSSR count). The van der Waals surface area contributed by atoms with Gasteiger partial charge in [0.1, 0.15) is 0 Å². The lowest BCUT2D eigenvalue weighted by atomic mass is 9.78. The summed E-state index contributed by atoms with van der Waals surface area (Å²) in [7, 11) is 0. The summed E-state index contributed by atoms with van der Waals surface area (Å²) in [6, 6.07) is 5.71. The molecule has 0 spiro atoms. The zero-order valence-corrected chi connectivity index (χ0v) is 13.7. The highest BCUT2D eigenvalue weighted by atomic mass is 35.5. The van der Waals surface area contributed by atoms with Crippen molar-refractivity contribution in [2.45, 2.75) is 44.6 Å². The smallest absolute Gasteiger partial charge is 0.178 e. The molecule has 2 atom stereocenters. The van der Waals surface area contributed by atoms with Crippen LogP contribution < -0.4 is 0 Å². The van der Waals surface area contributed by atoms with Gasteiger partial charge in [-0.05, 0) is 56.3 Å². The van der Waals surface area contributed by atoms with Crippen LogP contribution in [0.3, 0.4) is 0 Å². The molecular formula is C17H21Cl2NO. The van der Waals surface area contributed by atoms with Gasteiger partial charge in [-0.15, -0.1) is 0 Å². The summed E-state index contributed by atoms with van der Waals surface area (Å²) < 4.78 is 0. The number of carbonyl (C=O) groups is 1. The second-order valence-electron chi connectivity index (χ2n) is 6.27. The van der Waals surface area contributed by atoms with E-state index >= 15 is 0 Å². The number of hydrogen-bond acceptors (Lipinski definition) is 2. The summed E-state index contributed by atoms with van der Waals surface area (Å²) in [6.07, 6.45) is 7.74. The second-order valence-corrected chi connectivity index (χ2v) is 7.12. The van der Waals surface area contributed by atoms with Crippen molar-refractivity contribution in [2.75, 3.05) is 13.1 Å². The van der Waals surface area contributed by atoms with E-state index in [0.29, 0.717) is 28.2 Å². The third-order valence-corrected chi connectivity index (χ3v) is 5.50. The van der Waals surface area contributed by atoms with Crippen molar-refractivity contribution < 1.29 is 4.79 Å². The van der Waals surface area contributed by atoms with E-state index in [9.17, 15) is 4.79 Å². The summed E-state index contributed by atoms with van der Waals surface area (Å²) >= 11 is 12.1. The minimum atomic E-state index is 0.0914. The maximum Gasteiger partial charge on any atom is 0.178 e. The number of piperidine rings is 1. The van der Waals surface area contributed by atoms with Gasteiger partial charge in [0.05, 0.1) is 11.6 Å². The number of carbonyl (C=O) groups excluding carboxylic acids is 1. The topological polar surface area (TPSA) is 20.3 Å². The highest BCUT2D eigenvalue weighted by Crippen LogP contribution is 2.35. The van der Waals surface area contributed by atoms with Crippen LogP contribution in [0.25, 0.3) is 0 Å². The molecule has 4 heteroatoms. The van der Waals surface area contributed by atoms with Crippen LogP contribution in [0.4, 0.5) is 0 Å². The molecule has 1 aliphatic carbocycles. The third-order valence-electron chi connectivity index (χ3n) is 4.93. The van der Waals surface area contributed by atoms with E-state index in [4.69, 9.17) is 23.2 Å². The third kappa shape index (κ3) is 3.44. The molecule has 1 aromatic carbocycles. The van der Waals surface area contributed by atoms with Crippen LogP contribution in [0.15, 0.2) is 18.2 Å². The van der Waals surface area contributed by atoms with E-state index in [0.717, 1.165) is 12.5 Å². The quantitative estimate of drug-likeness (QED) is 0.742.